The zero-order chi connectivity index (χ0) is 16.1. The highest BCUT2D eigenvalue weighted by Crippen LogP contribution is 2.13. The Morgan fingerprint density at radius 1 is 1.00 bits per heavy atom. The lowest BCUT2D eigenvalue weighted by molar-refractivity contribution is 0.111. The van der Waals surface area contributed by atoms with Crippen LogP contribution in [0.5, 0.6) is 0 Å². The minimum absolute atomic E-state index is 0.277. The van der Waals surface area contributed by atoms with Gasteiger partial charge < -0.3 is 0 Å². The Labute approximate surface area is 132 Å². The standard InChI is InChI=1S/C18H14FN3O/c19-16-9-6-14(7-10-16)8-11-18-17(13-23)20-21-22(18)12-15-4-2-1-3-5-15/h1-11,13H,12H2/b11-8+. The van der Waals surface area contributed by atoms with Crippen LogP contribution in [-0.4, -0.2) is 21.3 Å². The average Bonchev–Trinajstić information content (AvgIpc) is 2.97. The summed E-state index contributed by atoms with van der Waals surface area (Å²) in [6.07, 6.45) is 4.24. The molecule has 3 aromatic rings. The predicted molar refractivity (Wildman–Crippen MR) is 86.3 cm³/mol. The van der Waals surface area contributed by atoms with Gasteiger partial charge in [0.25, 0.3) is 0 Å². The van der Waals surface area contributed by atoms with Crippen molar-refractivity contribution in [3.05, 3.63) is 82.9 Å². The van der Waals surface area contributed by atoms with E-state index in [2.05, 4.69) is 10.3 Å². The molecule has 0 fully saturated rings. The van der Waals surface area contributed by atoms with Crippen molar-refractivity contribution < 1.29 is 9.18 Å². The fourth-order valence-corrected chi connectivity index (χ4v) is 2.21. The summed E-state index contributed by atoms with van der Waals surface area (Å²) in [6.45, 7) is 0.519. The summed E-state index contributed by atoms with van der Waals surface area (Å²) in [6, 6.07) is 15.9. The van der Waals surface area contributed by atoms with Crippen molar-refractivity contribution in [2.45, 2.75) is 6.54 Å². The van der Waals surface area contributed by atoms with E-state index < -0.39 is 0 Å². The lowest BCUT2D eigenvalue weighted by Gasteiger charge is -2.04. The first kappa shape index (κ1) is 14.8. The van der Waals surface area contributed by atoms with Gasteiger partial charge in [0, 0.05) is 0 Å². The number of nitrogens with zero attached hydrogens (tertiary/aromatic N) is 3. The van der Waals surface area contributed by atoms with Gasteiger partial charge in [-0.25, -0.2) is 9.07 Å². The summed E-state index contributed by atoms with van der Waals surface area (Å²) in [4.78, 5) is 11.1. The van der Waals surface area contributed by atoms with E-state index in [4.69, 9.17) is 0 Å². The first-order valence-electron chi connectivity index (χ1n) is 7.12. The van der Waals surface area contributed by atoms with Crippen LogP contribution in [0.15, 0.2) is 54.6 Å². The third-order valence-corrected chi connectivity index (χ3v) is 3.39. The molecule has 0 N–H and O–H groups in total. The molecule has 5 heteroatoms. The third-order valence-electron chi connectivity index (χ3n) is 3.39. The number of benzene rings is 2. The van der Waals surface area contributed by atoms with E-state index in [0.717, 1.165) is 11.1 Å². The number of carbonyl (C=O) groups is 1. The first-order valence-corrected chi connectivity index (χ1v) is 7.12. The van der Waals surface area contributed by atoms with Crippen LogP contribution >= 0.6 is 0 Å². The van der Waals surface area contributed by atoms with Crippen LogP contribution in [0.25, 0.3) is 12.2 Å². The van der Waals surface area contributed by atoms with Crippen molar-refractivity contribution in [3.63, 3.8) is 0 Å². The zero-order valence-corrected chi connectivity index (χ0v) is 12.3. The minimum atomic E-state index is -0.286. The number of carbonyl (C=O) groups excluding carboxylic acids is 1. The van der Waals surface area contributed by atoms with Crippen molar-refractivity contribution in [1.82, 2.24) is 15.0 Å². The van der Waals surface area contributed by atoms with Crippen molar-refractivity contribution in [2.24, 2.45) is 0 Å². The van der Waals surface area contributed by atoms with Crippen LogP contribution in [0.1, 0.15) is 27.3 Å². The largest absolute Gasteiger partial charge is 0.296 e. The summed E-state index contributed by atoms with van der Waals surface area (Å²) in [7, 11) is 0. The van der Waals surface area contributed by atoms with Crippen LogP contribution in [0.2, 0.25) is 0 Å². The Bertz CT molecular complexity index is 823. The normalized spacial score (nSPS) is 11.0. The van der Waals surface area contributed by atoms with Gasteiger partial charge >= 0.3 is 0 Å². The smallest absolute Gasteiger partial charge is 0.172 e. The van der Waals surface area contributed by atoms with Crippen molar-refractivity contribution in [2.75, 3.05) is 0 Å². The average molecular weight is 307 g/mol. The second kappa shape index (κ2) is 6.79. The van der Waals surface area contributed by atoms with E-state index in [1.165, 1.54) is 12.1 Å². The first-order chi connectivity index (χ1) is 11.3. The quantitative estimate of drug-likeness (QED) is 0.678. The Hall–Kier alpha value is -3.08. The number of aromatic nitrogens is 3. The van der Waals surface area contributed by atoms with E-state index in [9.17, 15) is 9.18 Å². The second-order valence-electron chi connectivity index (χ2n) is 5.01. The van der Waals surface area contributed by atoms with Gasteiger partial charge in [-0.15, -0.1) is 5.10 Å². The molecule has 23 heavy (non-hydrogen) atoms. The Morgan fingerprint density at radius 2 is 1.74 bits per heavy atom. The van der Waals surface area contributed by atoms with Crippen LogP contribution in [0.4, 0.5) is 4.39 Å². The fourth-order valence-electron chi connectivity index (χ4n) is 2.21. The van der Waals surface area contributed by atoms with Gasteiger partial charge in [0.2, 0.25) is 0 Å². The van der Waals surface area contributed by atoms with E-state index in [1.807, 2.05) is 30.3 Å². The van der Waals surface area contributed by atoms with Gasteiger partial charge in [0.05, 0.1) is 12.2 Å². The molecule has 3 rings (SSSR count). The molecule has 0 radical (unpaired) electrons. The highest BCUT2D eigenvalue weighted by atomic mass is 19.1. The maximum absolute atomic E-state index is 12.9. The number of aldehydes is 1. The van der Waals surface area contributed by atoms with Crippen molar-refractivity contribution in [3.8, 4) is 0 Å². The SMILES string of the molecule is O=Cc1nnn(Cc2ccccc2)c1/C=C/c1ccc(F)cc1. The maximum Gasteiger partial charge on any atom is 0.172 e. The maximum atomic E-state index is 12.9. The molecule has 0 atom stereocenters. The Morgan fingerprint density at radius 3 is 2.43 bits per heavy atom. The second-order valence-corrected chi connectivity index (χ2v) is 5.01. The topological polar surface area (TPSA) is 47.8 Å². The van der Waals surface area contributed by atoms with Gasteiger partial charge in [-0.1, -0.05) is 53.8 Å². The molecule has 114 valence electrons. The molecule has 0 aliphatic heterocycles. The molecule has 2 aromatic carbocycles. The predicted octanol–water partition coefficient (Wildman–Crippen LogP) is 3.45. The van der Waals surface area contributed by atoms with E-state index >= 15 is 0 Å². The minimum Gasteiger partial charge on any atom is -0.296 e. The van der Waals surface area contributed by atoms with Gasteiger partial charge in [-0.3, -0.25) is 4.79 Å². The molecular formula is C18H14FN3O. The fraction of sp³-hybridized carbons (Fsp3) is 0.0556. The highest BCUT2D eigenvalue weighted by Gasteiger charge is 2.09. The van der Waals surface area contributed by atoms with Gasteiger partial charge in [-0.2, -0.15) is 0 Å². The number of rotatable bonds is 5. The molecule has 0 spiro atoms. The van der Waals surface area contributed by atoms with Crippen LogP contribution < -0.4 is 0 Å². The summed E-state index contributed by atoms with van der Waals surface area (Å²) in [5.41, 5.74) is 2.79. The van der Waals surface area contributed by atoms with E-state index in [0.29, 0.717) is 18.5 Å². The molecule has 1 heterocycles. The number of hydrogen-bond donors (Lipinski definition) is 0. The van der Waals surface area contributed by atoms with Crippen LogP contribution in [0.3, 0.4) is 0 Å². The van der Waals surface area contributed by atoms with Gasteiger partial charge in [-0.05, 0) is 29.3 Å². The highest BCUT2D eigenvalue weighted by molar-refractivity contribution is 5.81. The molecular weight excluding hydrogens is 293 g/mol. The molecule has 0 saturated heterocycles. The van der Waals surface area contributed by atoms with E-state index in [1.54, 1.807) is 29.0 Å². The molecule has 4 nitrogen and oxygen atoms in total. The zero-order valence-electron chi connectivity index (χ0n) is 12.3. The lowest BCUT2D eigenvalue weighted by atomic mass is 10.2. The van der Waals surface area contributed by atoms with Crippen LogP contribution in [-0.2, 0) is 6.54 Å². The lowest BCUT2D eigenvalue weighted by Crippen LogP contribution is -2.04. The molecule has 0 aliphatic rings. The summed E-state index contributed by atoms with van der Waals surface area (Å²) < 4.78 is 14.6. The van der Waals surface area contributed by atoms with Crippen LogP contribution in [0, 0.1) is 5.82 Å². The molecule has 0 unspecified atom stereocenters. The summed E-state index contributed by atoms with van der Waals surface area (Å²) in [5.74, 6) is -0.286. The Kier molecular flexibility index (Phi) is 4.38. The van der Waals surface area contributed by atoms with Gasteiger partial charge in [0.15, 0.2) is 12.0 Å². The van der Waals surface area contributed by atoms with Crippen molar-refractivity contribution in [1.29, 1.82) is 0 Å². The molecule has 0 bridgehead atoms. The van der Waals surface area contributed by atoms with Gasteiger partial charge in [0.1, 0.15) is 5.82 Å². The van der Waals surface area contributed by atoms with Crippen molar-refractivity contribution >= 4 is 18.4 Å². The van der Waals surface area contributed by atoms with E-state index in [-0.39, 0.29) is 11.5 Å². The summed E-state index contributed by atoms with van der Waals surface area (Å²) in [5, 5.41) is 7.92. The molecule has 0 aliphatic carbocycles. The molecule has 0 saturated carbocycles. The number of hydrogen-bond acceptors (Lipinski definition) is 3. The molecule has 1 aromatic heterocycles. The monoisotopic (exact) mass is 307 g/mol. The third kappa shape index (κ3) is 3.58. The molecule has 0 amide bonds. The summed E-state index contributed by atoms with van der Waals surface area (Å²) >= 11 is 0. The Balaban J connectivity index is 1.89. The number of halogens is 1.